The third-order valence-corrected chi connectivity index (χ3v) is 4.44. The Bertz CT molecular complexity index is 1120. The third-order valence-electron chi connectivity index (χ3n) is 4.44. The van der Waals surface area contributed by atoms with Gasteiger partial charge in [-0.2, -0.15) is 0 Å². The van der Waals surface area contributed by atoms with Crippen LogP contribution < -0.4 is 5.56 Å². The van der Waals surface area contributed by atoms with Gasteiger partial charge in [-0.05, 0) is 43.7 Å². The van der Waals surface area contributed by atoms with Crippen LogP contribution in [0.25, 0.3) is 16.8 Å². The molecule has 2 aromatic heterocycles. The van der Waals surface area contributed by atoms with Crippen molar-refractivity contribution in [1.82, 2.24) is 14.0 Å². The molecule has 4 aromatic rings. The fraction of sp³-hybridized carbons (Fsp3) is 0.158. The Kier molecular flexibility index (Phi) is 3.23. The Morgan fingerprint density at radius 2 is 1.67 bits per heavy atom. The monoisotopic (exact) mass is 321 g/mol. The molecule has 4 rings (SSSR count). The molecule has 2 aromatic carbocycles. The maximum atomic E-state index is 13.2. The van der Waals surface area contributed by atoms with Crippen LogP contribution in [0.15, 0.2) is 53.3 Å². The van der Waals surface area contributed by atoms with Crippen molar-refractivity contribution in [1.29, 1.82) is 0 Å². The van der Waals surface area contributed by atoms with Crippen molar-refractivity contribution < 1.29 is 4.39 Å². The molecule has 0 bridgehead atoms. The molecule has 2 heterocycles. The SMILES string of the molecule is Cc1nc2n(Cc3ccc(F)cc3)c3ccccc3n2c(=O)c1C. The van der Waals surface area contributed by atoms with E-state index in [1.165, 1.54) is 12.1 Å². The van der Waals surface area contributed by atoms with Gasteiger partial charge in [0.05, 0.1) is 17.6 Å². The van der Waals surface area contributed by atoms with Crippen molar-refractivity contribution in [3.8, 4) is 0 Å². The minimum absolute atomic E-state index is 0.0495. The van der Waals surface area contributed by atoms with Crippen LogP contribution >= 0.6 is 0 Å². The summed E-state index contributed by atoms with van der Waals surface area (Å²) in [6, 6.07) is 14.1. The van der Waals surface area contributed by atoms with Crippen molar-refractivity contribution in [2.75, 3.05) is 0 Å². The van der Waals surface area contributed by atoms with Gasteiger partial charge in [-0.1, -0.05) is 24.3 Å². The molecular formula is C19H16FN3O. The van der Waals surface area contributed by atoms with Crippen LogP contribution in [-0.2, 0) is 6.54 Å². The van der Waals surface area contributed by atoms with E-state index in [4.69, 9.17) is 0 Å². The first-order chi connectivity index (χ1) is 11.6. The first-order valence-electron chi connectivity index (χ1n) is 7.78. The second-order valence-corrected chi connectivity index (χ2v) is 5.96. The molecule has 24 heavy (non-hydrogen) atoms. The quantitative estimate of drug-likeness (QED) is 0.567. The zero-order valence-corrected chi connectivity index (χ0v) is 13.5. The first-order valence-corrected chi connectivity index (χ1v) is 7.78. The number of benzene rings is 2. The Hall–Kier alpha value is -2.95. The van der Waals surface area contributed by atoms with E-state index < -0.39 is 0 Å². The molecule has 0 unspecified atom stereocenters. The number of rotatable bonds is 2. The second-order valence-electron chi connectivity index (χ2n) is 5.96. The number of imidazole rings is 1. The molecule has 0 fully saturated rings. The summed E-state index contributed by atoms with van der Waals surface area (Å²) in [6.45, 7) is 4.16. The Balaban J connectivity index is 2.05. The molecule has 0 spiro atoms. The Labute approximate surface area is 137 Å². The van der Waals surface area contributed by atoms with Crippen LogP contribution in [-0.4, -0.2) is 14.0 Å². The van der Waals surface area contributed by atoms with Gasteiger partial charge in [0, 0.05) is 11.3 Å². The molecule has 0 saturated carbocycles. The minimum Gasteiger partial charge on any atom is -0.305 e. The summed E-state index contributed by atoms with van der Waals surface area (Å²) in [5, 5.41) is 0. The zero-order valence-electron chi connectivity index (χ0n) is 13.5. The van der Waals surface area contributed by atoms with Gasteiger partial charge in [-0.3, -0.25) is 4.79 Å². The number of fused-ring (bicyclic) bond motifs is 3. The summed E-state index contributed by atoms with van der Waals surface area (Å²) >= 11 is 0. The maximum Gasteiger partial charge on any atom is 0.262 e. The van der Waals surface area contributed by atoms with Crippen LogP contribution in [0.1, 0.15) is 16.8 Å². The lowest BCUT2D eigenvalue weighted by Gasteiger charge is -2.07. The number of halogens is 1. The van der Waals surface area contributed by atoms with Gasteiger partial charge in [-0.25, -0.2) is 13.8 Å². The number of hydrogen-bond acceptors (Lipinski definition) is 2. The largest absolute Gasteiger partial charge is 0.305 e. The van der Waals surface area contributed by atoms with Gasteiger partial charge in [0.15, 0.2) is 0 Å². The molecule has 0 aliphatic carbocycles. The Morgan fingerprint density at radius 3 is 2.38 bits per heavy atom. The molecule has 4 nitrogen and oxygen atoms in total. The van der Waals surface area contributed by atoms with Crippen LogP contribution in [0.2, 0.25) is 0 Å². The summed E-state index contributed by atoms with van der Waals surface area (Å²) in [5.41, 5.74) is 4.03. The first kappa shape index (κ1) is 14.6. The smallest absolute Gasteiger partial charge is 0.262 e. The van der Waals surface area contributed by atoms with Crippen molar-refractivity contribution in [3.63, 3.8) is 0 Å². The number of para-hydroxylation sites is 2. The highest BCUT2D eigenvalue weighted by molar-refractivity contribution is 5.81. The van der Waals surface area contributed by atoms with Crippen molar-refractivity contribution in [2.24, 2.45) is 0 Å². The number of nitrogens with zero attached hydrogens (tertiary/aromatic N) is 3. The van der Waals surface area contributed by atoms with Gasteiger partial charge in [-0.15, -0.1) is 0 Å². The zero-order chi connectivity index (χ0) is 16.8. The van der Waals surface area contributed by atoms with Gasteiger partial charge in [0.25, 0.3) is 5.56 Å². The summed E-state index contributed by atoms with van der Waals surface area (Å²) in [6.07, 6.45) is 0. The minimum atomic E-state index is -0.262. The number of aromatic nitrogens is 3. The van der Waals surface area contributed by atoms with E-state index >= 15 is 0 Å². The molecule has 0 aliphatic heterocycles. The average Bonchev–Trinajstić information content (AvgIpc) is 2.89. The summed E-state index contributed by atoms with van der Waals surface area (Å²) in [5.74, 6) is 0.343. The summed E-state index contributed by atoms with van der Waals surface area (Å²) in [7, 11) is 0. The van der Waals surface area contributed by atoms with Crippen molar-refractivity contribution in [2.45, 2.75) is 20.4 Å². The molecule has 0 radical (unpaired) electrons. The van der Waals surface area contributed by atoms with Crippen LogP contribution in [0.5, 0.6) is 0 Å². The molecule has 0 aliphatic rings. The van der Waals surface area contributed by atoms with Gasteiger partial charge in [0.1, 0.15) is 5.82 Å². The van der Waals surface area contributed by atoms with E-state index in [0.29, 0.717) is 17.9 Å². The van der Waals surface area contributed by atoms with E-state index in [1.54, 1.807) is 23.5 Å². The van der Waals surface area contributed by atoms with Gasteiger partial charge in [0.2, 0.25) is 5.78 Å². The highest BCUT2D eigenvalue weighted by Crippen LogP contribution is 2.20. The lowest BCUT2D eigenvalue weighted by Crippen LogP contribution is -2.19. The molecule has 0 amide bonds. The number of aryl methyl sites for hydroxylation is 1. The highest BCUT2D eigenvalue weighted by atomic mass is 19.1. The van der Waals surface area contributed by atoms with Gasteiger partial charge < -0.3 is 4.57 Å². The number of hydrogen-bond donors (Lipinski definition) is 0. The average molecular weight is 321 g/mol. The predicted octanol–water partition coefficient (Wildman–Crippen LogP) is 3.45. The lowest BCUT2D eigenvalue weighted by atomic mass is 10.2. The Morgan fingerprint density at radius 1 is 1.00 bits per heavy atom. The molecular weight excluding hydrogens is 305 g/mol. The van der Waals surface area contributed by atoms with Crippen LogP contribution in [0, 0.1) is 19.7 Å². The standard InChI is InChI=1S/C19H16FN3O/c1-12-13(2)21-19-22(11-14-7-9-15(20)10-8-14)16-5-3-4-6-17(16)23(19)18(12)24/h3-10H,11H2,1-2H3. The third kappa shape index (κ3) is 2.12. The molecule has 0 N–H and O–H groups in total. The van der Waals surface area contributed by atoms with E-state index in [-0.39, 0.29) is 11.4 Å². The maximum absolute atomic E-state index is 13.2. The molecule has 0 saturated heterocycles. The van der Waals surface area contributed by atoms with E-state index in [9.17, 15) is 9.18 Å². The lowest BCUT2D eigenvalue weighted by molar-refractivity contribution is 0.626. The van der Waals surface area contributed by atoms with Crippen molar-refractivity contribution in [3.05, 3.63) is 81.5 Å². The second kappa shape index (κ2) is 5.30. The highest BCUT2D eigenvalue weighted by Gasteiger charge is 2.15. The topological polar surface area (TPSA) is 39.3 Å². The fourth-order valence-corrected chi connectivity index (χ4v) is 3.01. The summed E-state index contributed by atoms with van der Waals surface area (Å²) in [4.78, 5) is 17.4. The molecule has 0 atom stereocenters. The van der Waals surface area contributed by atoms with Crippen LogP contribution in [0.4, 0.5) is 4.39 Å². The fourth-order valence-electron chi connectivity index (χ4n) is 3.01. The van der Waals surface area contributed by atoms with E-state index in [0.717, 1.165) is 22.3 Å². The summed E-state index contributed by atoms with van der Waals surface area (Å²) < 4.78 is 16.8. The predicted molar refractivity (Wildman–Crippen MR) is 91.9 cm³/mol. The van der Waals surface area contributed by atoms with Gasteiger partial charge >= 0.3 is 0 Å². The van der Waals surface area contributed by atoms with Crippen molar-refractivity contribution >= 4 is 16.8 Å². The molecule has 120 valence electrons. The molecule has 5 heteroatoms. The van der Waals surface area contributed by atoms with E-state index in [1.807, 2.05) is 35.8 Å². The van der Waals surface area contributed by atoms with Crippen LogP contribution in [0.3, 0.4) is 0 Å². The van der Waals surface area contributed by atoms with E-state index in [2.05, 4.69) is 4.98 Å². The normalized spacial score (nSPS) is 11.5.